The highest BCUT2D eigenvalue weighted by atomic mass is 35.5. The quantitative estimate of drug-likeness (QED) is 0.743. The van der Waals surface area contributed by atoms with E-state index < -0.39 is 0 Å². The van der Waals surface area contributed by atoms with E-state index in [1.54, 1.807) is 12.4 Å². The first-order valence-electron chi connectivity index (χ1n) is 8.93. The summed E-state index contributed by atoms with van der Waals surface area (Å²) >= 11 is 6.38. The monoisotopic (exact) mass is 375 g/mol. The largest absolute Gasteiger partial charge is 0.342 e. The van der Waals surface area contributed by atoms with Crippen molar-refractivity contribution in [3.05, 3.63) is 82.6 Å². The molecular weight excluding hydrogens is 358 g/mol. The third-order valence-electron chi connectivity index (χ3n) is 4.95. The summed E-state index contributed by atoms with van der Waals surface area (Å²) in [6.45, 7) is 2.90. The summed E-state index contributed by atoms with van der Waals surface area (Å²) in [7, 11) is 0. The van der Waals surface area contributed by atoms with E-state index in [-0.39, 0.29) is 6.04 Å². The lowest BCUT2D eigenvalue weighted by Gasteiger charge is -2.22. The maximum absolute atomic E-state index is 6.38. The minimum absolute atomic E-state index is 0.114. The molecule has 134 valence electrons. The lowest BCUT2D eigenvalue weighted by atomic mass is 10.1. The Bertz CT molecular complexity index is 1070. The van der Waals surface area contributed by atoms with Crippen LogP contribution in [-0.2, 0) is 6.42 Å². The maximum atomic E-state index is 6.38. The van der Waals surface area contributed by atoms with Crippen LogP contribution in [0.1, 0.15) is 23.0 Å². The number of H-pyrrole nitrogens is 1. The van der Waals surface area contributed by atoms with Crippen molar-refractivity contribution in [2.24, 2.45) is 4.99 Å². The highest BCUT2D eigenvalue weighted by Gasteiger charge is 2.30. The molecule has 1 atom stereocenters. The molecule has 0 saturated heterocycles. The standard InChI is InChI=1S/C21H18ClN5/c1-13-2-4-14(5-3-13)19-12-27-11-16(22)8-15(21(27)26-19)9-20-24-17-6-7-23-10-18(17)25-20/h2-8,10-11,19H,9,12H2,1H3,(H,24,25). The van der Waals surface area contributed by atoms with Gasteiger partial charge in [0.2, 0.25) is 0 Å². The molecule has 4 heterocycles. The molecule has 1 aromatic carbocycles. The molecular formula is C21H18ClN5. The Kier molecular flexibility index (Phi) is 3.83. The second-order valence-electron chi connectivity index (χ2n) is 6.97. The van der Waals surface area contributed by atoms with Crippen molar-refractivity contribution >= 4 is 28.5 Å². The first-order valence-corrected chi connectivity index (χ1v) is 9.31. The number of aliphatic imine (C=N–C) groups is 1. The van der Waals surface area contributed by atoms with Crippen molar-refractivity contribution in [1.29, 1.82) is 0 Å². The predicted molar refractivity (Wildman–Crippen MR) is 108 cm³/mol. The van der Waals surface area contributed by atoms with E-state index in [1.807, 2.05) is 18.3 Å². The molecule has 2 aromatic heterocycles. The number of imidazole rings is 1. The molecule has 5 rings (SSSR count). The Balaban J connectivity index is 1.46. The van der Waals surface area contributed by atoms with E-state index in [1.165, 1.54) is 11.1 Å². The van der Waals surface area contributed by atoms with Gasteiger partial charge in [0.15, 0.2) is 0 Å². The summed E-state index contributed by atoms with van der Waals surface area (Å²) in [5.74, 6) is 1.86. The van der Waals surface area contributed by atoms with E-state index >= 15 is 0 Å². The number of nitrogens with zero attached hydrogens (tertiary/aromatic N) is 4. The normalized spacial score (nSPS) is 19.0. The first-order chi connectivity index (χ1) is 13.2. The van der Waals surface area contributed by atoms with Gasteiger partial charge in [0.1, 0.15) is 17.2 Å². The van der Waals surface area contributed by atoms with Crippen LogP contribution in [0.15, 0.2) is 70.6 Å². The summed E-state index contributed by atoms with van der Waals surface area (Å²) in [4.78, 5) is 19.3. The molecule has 2 aliphatic heterocycles. The van der Waals surface area contributed by atoms with Gasteiger partial charge >= 0.3 is 0 Å². The lowest BCUT2D eigenvalue weighted by molar-refractivity contribution is 0.546. The molecule has 0 aliphatic carbocycles. The fourth-order valence-electron chi connectivity index (χ4n) is 3.61. The van der Waals surface area contributed by atoms with Gasteiger partial charge in [-0.25, -0.2) is 4.98 Å². The second kappa shape index (κ2) is 6.35. The van der Waals surface area contributed by atoms with E-state index in [2.05, 4.69) is 51.0 Å². The number of amidine groups is 1. The number of nitrogens with one attached hydrogen (secondary N) is 1. The minimum atomic E-state index is 0.114. The van der Waals surface area contributed by atoms with Gasteiger partial charge in [-0.1, -0.05) is 41.4 Å². The third-order valence-corrected chi connectivity index (χ3v) is 5.16. The van der Waals surface area contributed by atoms with Crippen molar-refractivity contribution in [1.82, 2.24) is 19.9 Å². The molecule has 3 aromatic rings. The summed E-state index contributed by atoms with van der Waals surface area (Å²) in [5, 5.41) is 0.714. The molecule has 1 unspecified atom stereocenters. The van der Waals surface area contributed by atoms with Crippen LogP contribution in [-0.4, -0.2) is 32.2 Å². The highest BCUT2D eigenvalue weighted by molar-refractivity contribution is 6.32. The van der Waals surface area contributed by atoms with Gasteiger partial charge in [-0.15, -0.1) is 0 Å². The number of hydrogen-bond donors (Lipinski definition) is 1. The van der Waals surface area contributed by atoms with Crippen LogP contribution in [0, 0.1) is 6.92 Å². The number of aromatic amines is 1. The van der Waals surface area contributed by atoms with Gasteiger partial charge in [-0.3, -0.25) is 9.98 Å². The SMILES string of the molecule is Cc1ccc(C2CN3C=C(Cl)C=C(Cc4nc5cnccc5[nH]4)C3=N2)cc1. The van der Waals surface area contributed by atoms with Gasteiger partial charge < -0.3 is 9.88 Å². The van der Waals surface area contributed by atoms with E-state index in [0.717, 1.165) is 34.8 Å². The number of hydrogen-bond acceptors (Lipinski definition) is 4. The lowest BCUT2D eigenvalue weighted by Crippen LogP contribution is -2.27. The van der Waals surface area contributed by atoms with E-state index in [9.17, 15) is 0 Å². The number of aromatic nitrogens is 3. The van der Waals surface area contributed by atoms with E-state index in [0.29, 0.717) is 11.5 Å². The molecule has 0 bridgehead atoms. The number of pyridine rings is 1. The smallest absolute Gasteiger partial charge is 0.132 e. The topological polar surface area (TPSA) is 57.2 Å². The molecule has 0 fully saturated rings. The highest BCUT2D eigenvalue weighted by Crippen LogP contribution is 2.32. The Labute approximate surface area is 162 Å². The number of allylic oxidation sites excluding steroid dienone is 2. The van der Waals surface area contributed by atoms with Crippen LogP contribution in [0.25, 0.3) is 11.0 Å². The number of aryl methyl sites for hydroxylation is 1. The van der Waals surface area contributed by atoms with Gasteiger partial charge in [-0.05, 0) is 24.6 Å². The Morgan fingerprint density at radius 2 is 2.07 bits per heavy atom. The van der Waals surface area contributed by atoms with Crippen LogP contribution < -0.4 is 0 Å². The molecule has 0 spiro atoms. The molecule has 0 radical (unpaired) electrons. The molecule has 6 heteroatoms. The van der Waals surface area contributed by atoms with Crippen molar-refractivity contribution in [3.8, 4) is 0 Å². The zero-order valence-corrected chi connectivity index (χ0v) is 15.6. The van der Waals surface area contributed by atoms with Crippen molar-refractivity contribution in [3.63, 3.8) is 0 Å². The Hall–Kier alpha value is -2.92. The fraction of sp³-hybridized carbons (Fsp3) is 0.190. The molecule has 0 saturated carbocycles. The van der Waals surface area contributed by atoms with Gasteiger partial charge in [0.05, 0.1) is 29.3 Å². The zero-order chi connectivity index (χ0) is 18.4. The molecule has 27 heavy (non-hydrogen) atoms. The molecule has 0 amide bonds. The number of halogens is 1. The van der Waals surface area contributed by atoms with Crippen LogP contribution in [0.4, 0.5) is 0 Å². The van der Waals surface area contributed by atoms with Crippen LogP contribution in [0.2, 0.25) is 0 Å². The summed E-state index contributed by atoms with van der Waals surface area (Å²) in [6.07, 6.45) is 8.12. The zero-order valence-electron chi connectivity index (χ0n) is 14.9. The molecule has 2 aliphatic rings. The maximum Gasteiger partial charge on any atom is 0.132 e. The van der Waals surface area contributed by atoms with Crippen LogP contribution >= 0.6 is 11.6 Å². The Morgan fingerprint density at radius 3 is 2.89 bits per heavy atom. The van der Waals surface area contributed by atoms with Gasteiger partial charge in [-0.2, -0.15) is 0 Å². The number of rotatable bonds is 3. The average molecular weight is 376 g/mol. The predicted octanol–water partition coefficient (Wildman–Crippen LogP) is 4.28. The van der Waals surface area contributed by atoms with Crippen molar-refractivity contribution in [2.75, 3.05) is 6.54 Å². The number of fused-ring (bicyclic) bond motifs is 2. The van der Waals surface area contributed by atoms with Crippen LogP contribution in [0.5, 0.6) is 0 Å². The summed E-state index contributed by atoms with van der Waals surface area (Å²) < 4.78 is 0. The Morgan fingerprint density at radius 1 is 1.22 bits per heavy atom. The third kappa shape index (κ3) is 3.04. The minimum Gasteiger partial charge on any atom is -0.342 e. The van der Waals surface area contributed by atoms with Crippen molar-refractivity contribution in [2.45, 2.75) is 19.4 Å². The summed E-state index contributed by atoms with van der Waals surface area (Å²) in [6, 6.07) is 10.6. The number of benzene rings is 1. The molecule has 5 nitrogen and oxygen atoms in total. The van der Waals surface area contributed by atoms with Gasteiger partial charge in [0.25, 0.3) is 0 Å². The second-order valence-corrected chi connectivity index (χ2v) is 7.40. The summed E-state index contributed by atoms with van der Waals surface area (Å²) in [5.41, 5.74) is 5.41. The van der Waals surface area contributed by atoms with E-state index in [4.69, 9.17) is 16.6 Å². The first kappa shape index (κ1) is 16.3. The molecule has 1 N–H and O–H groups in total. The van der Waals surface area contributed by atoms with Crippen LogP contribution in [0.3, 0.4) is 0 Å². The van der Waals surface area contributed by atoms with Crippen molar-refractivity contribution < 1.29 is 0 Å². The average Bonchev–Trinajstić information content (AvgIpc) is 3.25. The fourth-order valence-corrected chi connectivity index (χ4v) is 3.86. The van der Waals surface area contributed by atoms with Gasteiger partial charge in [0, 0.05) is 24.4 Å².